The summed E-state index contributed by atoms with van der Waals surface area (Å²) >= 11 is 0. The standard InChI is InChI=1S/C17H24N4O3.C2HF3O2/c1-24-8-13-5-17(21(7-13)6-12-2-3-12)9-20(10-17)16(23)14-4-15(22)19-11-18-14;3-2(4,5)1(6)7/h4,11-13H,2-3,5-10H2,1H3,(H,18,19,22);(H,6,7). The zero-order valence-electron chi connectivity index (χ0n) is 17.0. The van der Waals surface area contributed by atoms with Gasteiger partial charge < -0.3 is 19.7 Å². The van der Waals surface area contributed by atoms with Gasteiger partial charge in [-0.05, 0) is 31.1 Å². The average molecular weight is 446 g/mol. The van der Waals surface area contributed by atoms with E-state index in [-0.39, 0.29) is 22.7 Å². The van der Waals surface area contributed by atoms with Crippen molar-refractivity contribution in [2.24, 2.45) is 11.8 Å². The van der Waals surface area contributed by atoms with Crippen molar-refractivity contribution in [3.05, 3.63) is 28.4 Å². The van der Waals surface area contributed by atoms with Crippen molar-refractivity contribution in [1.29, 1.82) is 0 Å². The molecule has 12 heteroatoms. The van der Waals surface area contributed by atoms with Crippen LogP contribution in [0.1, 0.15) is 29.8 Å². The Labute approximate surface area is 176 Å². The average Bonchev–Trinajstić information content (AvgIpc) is 3.40. The number of ether oxygens (including phenoxy) is 1. The number of hydrogen-bond acceptors (Lipinski definition) is 6. The summed E-state index contributed by atoms with van der Waals surface area (Å²) in [4.78, 5) is 43.7. The van der Waals surface area contributed by atoms with Crippen LogP contribution in [0.2, 0.25) is 0 Å². The van der Waals surface area contributed by atoms with Gasteiger partial charge in [0.15, 0.2) is 0 Å². The maximum atomic E-state index is 12.5. The largest absolute Gasteiger partial charge is 0.490 e. The van der Waals surface area contributed by atoms with Crippen molar-refractivity contribution >= 4 is 11.9 Å². The van der Waals surface area contributed by atoms with Crippen molar-refractivity contribution in [1.82, 2.24) is 19.8 Å². The van der Waals surface area contributed by atoms with Gasteiger partial charge in [0.05, 0.1) is 18.5 Å². The number of rotatable bonds is 5. The predicted octanol–water partition coefficient (Wildman–Crippen LogP) is 0.976. The van der Waals surface area contributed by atoms with Crippen LogP contribution in [0.5, 0.6) is 0 Å². The van der Waals surface area contributed by atoms with Crippen molar-refractivity contribution < 1.29 is 32.6 Å². The molecule has 3 fully saturated rings. The third-order valence-corrected chi connectivity index (χ3v) is 5.79. The number of carbonyl (C=O) groups is 2. The van der Waals surface area contributed by atoms with Gasteiger partial charge in [0.2, 0.25) is 0 Å². The second-order valence-electron chi connectivity index (χ2n) is 8.36. The number of aliphatic carboxylic acids is 1. The molecule has 2 saturated heterocycles. The molecular formula is C19H25F3N4O5. The van der Waals surface area contributed by atoms with E-state index in [0.717, 1.165) is 45.1 Å². The van der Waals surface area contributed by atoms with Crippen LogP contribution in [0.4, 0.5) is 13.2 Å². The normalized spacial score (nSPS) is 22.6. The number of methoxy groups -OCH3 is 1. The van der Waals surface area contributed by atoms with Gasteiger partial charge >= 0.3 is 12.1 Å². The van der Waals surface area contributed by atoms with Gasteiger partial charge in [-0.1, -0.05) is 0 Å². The highest BCUT2D eigenvalue weighted by Gasteiger charge is 2.55. The van der Waals surface area contributed by atoms with Crippen LogP contribution < -0.4 is 5.56 Å². The molecule has 1 unspecified atom stereocenters. The molecule has 1 aliphatic carbocycles. The van der Waals surface area contributed by atoms with Gasteiger partial charge in [-0.2, -0.15) is 13.2 Å². The van der Waals surface area contributed by atoms with Crippen LogP contribution in [0, 0.1) is 11.8 Å². The minimum Gasteiger partial charge on any atom is -0.475 e. The molecule has 172 valence electrons. The van der Waals surface area contributed by atoms with Gasteiger partial charge in [-0.25, -0.2) is 9.78 Å². The number of nitrogens with zero attached hydrogens (tertiary/aromatic N) is 3. The van der Waals surface area contributed by atoms with Crippen molar-refractivity contribution in [3.63, 3.8) is 0 Å². The zero-order valence-corrected chi connectivity index (χ0v) is 17.0. The van der Waals surface area contributed by atoms with Crippen LogP contribution in [0.15, 0.2) is 17.2 Å². The molecule has 2 N–H and O–H groups in total. The first-order valence-corrected chi connectivity index (χ1v) is 9.92. The van der Waals surface area contributed by atoms with E-state index in [0.29, 0.717) is 5.92 Å². The fourth-order valence-electron chi connectivity index (χ4n) is 4.25. The Morgan fingerprint density at radius 2 is 1.97 bits per heavy atom. The number of aromatic amines is 1. The second-order valence-corrected chi connectivity index (χ2v) is 8.36. The van der Waals surface area contributed by atoms with Gasteiger partial charge in [-0.3, -0.25) is 14.5 Å². The molecule has 1 spiro atoms. The number of carboxylic acids is 1. The quantitative estimate of drug-likeness (QED) is 0.693. The SMILES string of the molecule is COCC1CN(CC2CC2)C2(C1)CN(C(=O)c1cc(=O)[nH]cn1)C2.O=C(O)C(F)(F)F. The van der Waals surface area contributed by atoms with Gasteiger partial charge in [-0.15, -0.1) is 0 Å². The Bertz CT molecular complexity index is 865. The fraction of sp³-hybridized carbons (Fsp3) is 0.684. The monoisotopic (exact) mass is 446 g/mol. The zero-order chi connectivity index (χ0) is 22.8. The highest BCUT2D eigenvalue weighted by Crippen LogP contribution is 2.43. The van der Waals surface area contributed by atoms with E-state index in [2.05, 4.69) is 14.9 Å². The smallest absolute Gasteiger partial charge is 0.475 e. The van der Waals surface area contributed by atoms with Gasteiger partial charge in [0.25, 0.3) is 11.5 Å². The number of likely N-dealkylation sites (tertiary alicyclic amines) is 2. The summed E-state index contributed by atoms with van der Waals surface area (Å²) in [5.74, 6) is -1.52. The minimum atomic E-state index is -5.08. The number of carboxylic acid groups (broad SMARTS) is 1. The molecule has 1 atom stereocenters. The van der Waals surface area contributed by atoms with Crippen LogP contribution in [-0.4, -0.2) is 88.4 Å². The molecular weight excluding hydrogens is 421 g/mol. The molecule has 1 amide bonds. The van der Waals surface area contributed by atoms with E-state index in [1.165, 1.54) is 25.2 Å². The summed E-state index contributed by atoms with van der Waals surface area (Å²) in [6.45, 7) is 4.45. The molecule has 3 aliphatic rings. The molecule has 4 rings (SSSR count). The number of amides is 1. The molecule has 1 aromatic heterocycles. The van der Waals surface area contributed by atoms with E-state index < -0.39 is 12.1 Å². The minimum absolute atomic E-state index is 0.0998. The molecule has 0 aromatic carbocycles. The lowest BCUT2D eigenvalue weighted by molar-refractivity contribution is -0.192. The Kier molecular flexibility index (Phi) is 6.70. The van der Waals surface area contributed by atoms with Crippen LogP contribution in [0.3, 0.4) is 0 Å². The van der Waals surface area contributed by atoms with E-state index in [9.17, 15) is 22.8 Å². The van der Waals surface area contributed by atoms with Crippen LogP contribution in [-0.2, 0) is 9.53 Å². The third kappa shape index (κ3) is 5.62. The molecule has 3 heterocycles. The topological polar surface area (TPSA) is 116 Å². The molecule has 0 bridgehead atoms. The van der Waals surface area contributed by atoms with Crippen LogP contribution in [0.25, 0.3) is 0 Å². The maximum Gasteiger partial charge on any atom is 0.490 e. The summed E-state index contributed by atoms with van der Waals surface area (Å²) in [6, 6.07) is 1.28. The number of carbonyl (C=O) groups excluding carboxylic acids is 1. The maximum absolute atomic E-state index is 12.5. The predicted molar refractivity (Wildman–Crippen MR) is 101 cm³/mol. The lowest BCUT2D eigenvalue weighted by Crippen LogP contribution is -2.69. The lowest BCUT2D eigenvalue weighted by atomic mass is 9.84. The number of nitrogens with one attached hydrogen (secondary N) is 1. The Hall–Kier alpha value is -2.47. The summed E-state index contributed by atoms with van der Waals surface area (Å²) < 4.78 is 37.1. The first-order chi connectivity index (χ1) is 14.5. The number of H-pyrrole nitrogens is 1. The van der Waals surface area contributed by atoms with E-state index in [1.807, 2.05) is 4.90 Å². The van der Waals surface area contributed by atoms with Gasteiger partial charge in [0.1, 0.15) is 5.69 Å². The van der Waals surface area contributed by atoms with Crippen molar-refractivity contribution in [2.45, 2.75) is 31.0 Å². The summed E-state index contributed by atoms with van der Waals surface area (Å²) in [5.41, 5.74) is 0.0385. The summed E-state index contributed by atoms with van der Waals surface area (Å²) in [7, 11) is 1.76. The number of alkyl halides is 3. The second kappa shape index (κ2) is 8.95. The van der Waals surface area contributed by atoms with Crippen molar-refractivity contribution in [3.8, 4) is 0 Å². The molecule has 1 aromatic rings. The lowest BCUT2D eigenvalue weighted by Gasteiger charge is -2.53. The summed E-state index contributed by atoms with van der Waals surface area (Å²) in [6.07, 6.45) is -0.0450. The van der Waals surface area contributed by atoms with Gasteiger partial charge in [0, 0.05) is 39.4 Å². The third-order valence-electron chi connectivity index (χ3n) is 5.79. The number of aromatic nitrogens is 2. The molecule has 1 saturated carbocycles. The van der Waals surface area contributed by atoms with E-state index in [4.69, 9.17) is 14.6 Å². The highest BCUT2D eigenvalue weighted by molar-refractivity contribution is 5.93. The Balaban J connectivity index is 0.000000339. The molecule has 31 heavy (non-hydrogen) atoms. The van der Waals surface area contributed by atoms with E-state index >= 15 is 0 Å². The number of halogens is 3. The number of hydrogen-bond donors (Lipinski definition) is 2. The first kappa shape index (κ1) is 23.2. The van der Waals surface area contributed by atoms with E-state index in [1.54, 1.807) is 7.11 Å². The highest BCUT2D eigenvalue weighted by atomic mass is 19.4. The Morgan fingerprint density at radius 1 is 1.32 bits per heavy atom. The molecule has 0 radical (unpaired) electrons. The first-order valence-electron chi connectivity index (χ1n) is 9.92. The molecule has 2 aliphatic heterocycles. The summed E-state index contributed by atoms with van der Waals surface area (Å²) in [5, 5.41) is 7.12. The Morgan fingerprint density at radius 3 is 2.48 bits per heavy atom. The van der Waals surface area contributed by atoms with Crippen molar-refractivity contribution in [2.75, 3.05) is 39.9 Å². The fourth-order valence-corrected chi connectivity index (χ4v) is 4.25. The van der Waals surface area contributed by atoms with Crippen LogP contribution >= 0.6 is 0 Å². The molecule has 9 nitrogen and oxygen atoms in total.